The van der Waals surface area contributed by atoms with E-state index in [1.54, 1.807) is 18.2 Å². The van der Waals surface area contributed by atoms with Gasteiger partial charge in [-0.2, -0.15) is 0 Å². The molecule has 0 spiro atoms. The molecule has 0 saturated heterocycles. The van der Waals surface area contributed by atoms with Crippen molar-refractivity contribution in [2.75, 3.05) is 0 Å². The zero-order chi connectivity index (χ0) is 13.3. The Morgan fingerprint density at radius 1 is 1.17 bits per heavy atom. The van der Waals surface area contributed by atoms with Crippen LogP contribution >= 0.6 is 23.2 Å². The average Bonchev–Trinajstić information content (AvgIpc) is 2.32. The minimum Gasteiger partial charge on any atom is -0.302 e. The lowest BCUT2D eigenvalue weighted by Crippen LogP contribution is -1.94. The number of halogens is 3. The molecule has 18 heavy (non-hydrogen) atoms. The van der Waals surface area contributed by atoms with Crippen LogP contribution < -0.4 is 0 Å². The maximum Gasteiger partial charge on any atom is 0.189 e. The molecule has 2 aromatic carbocycles. The molecule has 0 amide bonds. The topological polar surface area (TPSA) is 37.3 Å². The quantitative estimate of drug-likeness (QED) is 0.836. The molecule has 94 valence electrons. The minimum absolute atomic E-state index is 0.267. The van der Waals surface area contributed by atoms with Crippen molar-refractivity contribution in [3.8, 4) is 11.1 Å². The largest absolute Gasteiger partial charge is 0.302 e. The van der Waals surface area contributed by atoms with Gasteiger partial charge in [0.1, 0.15) is 10.7 Å². The molecule has 1 unspecified atom stereocenters. The summed E-state index contributed by atoms with van der Waals surface area (Å²) in [5.74, 6) is -0.760. The molecular formula is C12H7Cl2FO2S. The molecule has 0 fully saturated rings. The molecule has 2 rings (SSSR count). The Bertz CT molecular complexity index is 631. The SMILES string of the molecule is O=S(O)c1ccc(-c2cccc(Cl)c2Cl)cc1F. The standard InChI is InChI=1S/C12H7Cl2FO2S/c13-9-3-1-2-8(12(9)14)7-4-5-11(18(16)17)10(15)6-7/h1-6H,(H,16,17). The monoisotopic (exact) mass is 304 g/mol. The van der Waals surface area contributed by atoms with E-state index in [9.17, 15) is 8.60 Å². The third-order valence-electron chi connectivity index (χ3n) is 2.38. The van der Waals surface area contributed by atoms with E-state index in [1.807, 2.05) is 0 Å². The van der Waals surface area contributed by atoms with Gasteiger partial charge in [0.2, 0.25) is 0 Å². The van der Waals surface area contributed by atoms with Crippen molar-refractivity contribution in [3.63, 3.8) is 0 Å². The molecule has 0 bridgehead atoms. The first-order valence-electron chi connectivity index (χ1n) is 4.85. The van der Waals surface area contributed by atoms with Gasteiger partial charge in [0.25, 0.3) is 0 Å². The van der Waals surface area contributed by atoms with Crippen molar-refractivity contribution < 1.29 is 13.2 Å². The van der Waals surface area contributed by atoms with Crippen LogP contribution in [0.1, 0.15) is 0 Å². The first kappa shape index (κ1) is 13.5. The zero-order valence-corrected chi connectivity index (χ0v) is 11.2. The molecule has 0 aliphatic rings. The highest BCUT2D eigenvalue weighted by atomic mass is 35.5. The van der Waals surface area contributed by atoms with Gasteiger partial charge in [-0.15, -0.1) is 0 Å². The maximum absolute atomic E-state index is 13.6. The summed E-state index contributed by atoms with van der Waals surface area (Å²) in [6, 6.07) is 8.93. The average molecular weight is 305 g/mol. The molecule has 2 nitrogen and oxygen atoms in total. The summed E-state index contributed by atoms with van der Waals surface area (Å²) in [4.78, 5) is -0.267. The highest BCUT2D eigenvalue weighted by molar-refractivity contribution is 7.79. The van der Waals surface area contributed by atoms with Crippen molar-refractivity contribution in [1.29, 1.82) is 0 Å². The lowest BCUT2D eigenvalue weighted by Gasteiger charge is -2.07. The van der Waals surface area contributed by atoms with E-state index in [0.717, 1.165) is 6.07 Å². The minimum atomic E-state index is -2.35. The van der Waals surface area contributed by atoms with E-state index in [0.29, 0.717) is 21.2 Å². The molecule has 0 saturated carbocycles. The molecule has 1 N–H and O–H groups in total. The van der Waals surface area contributed by atoms with Gasteiger partial charge < -0.3 is 4.55 Å². The first-order chi connectivity index (χ1) is 8.50. The van der Waals surface area contributed by atoms with E-state index in [-0.39, 0.29) is 4.90 Å². The summed E-state index contributed by atoms with van der Waals surface area (Å²) in [5, 5.41) is 0.681. The van der Waals surface area contributed by atoms with Gasteiger partial charge in [-0.3, -0.25) is 0 Å². The number of benzene rings is 2. The number of hydrogen-bond donors (Lipinski definition) is 1. The van der Waals surface area contributed by atoms with E-state index < -0.39 is 16.9 Å². The molecule has 0 heterocycles. The fourth-order valence-corrected chi connectivity index (χ4v) is 2.36. The van der Waals surface area contributed by atoms with Gasteiger partial charge in [0.15, 0.2) is 11.1 Å². The van der Waals surface area contributed by atoms with Crippen molar-refractivity contribution in [2.24, 2.45) is 0 Å². The van der Waals surface area contributed by atoms with E-state index >= 15 is 0 Å². The van der Waals surface area contributed by atoms with E-state index in [4.69, 9.17) is 27.8 Å². The van der Waals surface area contributed by atoms with Gasteiger partial charge in [0, 0.05) is 5.56 Å². The fraction of sp³-hybridized carbons (Fsp3) is 0. The van der Waals surface area contributed by atoms with Crippen LogP contribution in [0.25, 0.3) is 11.1 Å². The first-order valence-corrected chi connectivity index (χ1v) is 6.72. The van der Waals surface area contributed by atoms with Crippen LogP contribution in [0.3, 0.4) is 0 Å². The Morgan fingerprint density at radius 2 is 1.89 bits per heavy atom. The summed E-state index contributed by atoms with van der Waals surface area (Å²) in [7, 11) is 0. The number of hydrogen-bond acceptors (Lipinski definition) is 1. The maximum atomic E-state index is 13.6. The predicted molar refractivity (Wildman–Crippen MR) is 70.9 cm³/mol. The molecule has 0 radical (unpaired) electrons. The molecule has 0 aliphatic heterocycles. The summed E-state index contributed by atoms with van der Waals surface area (Å²) in [6.07, 6.45) is 0. The number of rotatable bonds is 2. The second-order valence-electron chi connectivity index (χ2n) is 3.50. The predicted octanol–water partition coefficient (Wildman–Crippen LogP) is 4.38. The van der Waals surface area contributed by atoms with Crippen LogP contribution in [0.15, 0.2) is 41.3 Å². The second kappa shape index (κ2) is 5.36. The Kier molecular flexibility index (Phi) is 4.02. The zero-order valence-electron chi connectivity index (χ0n) is 8.86. The molecule has 0 aliphatic carbocycles. The molecule has 0 aromatic heterocycles. The Labute approximate surface area is 116 Å². The lowest BCUT2D eigenvalue weighted by atomic mass is 10.1. The lowest BCUT2D eigenvalue weighted by molar-refractivity contribution is 0.544. The van der Waals surface area contributed by atoms with Crippen molar-refractivity contribution in [2.45, 2.75) is 4.90 Å². The summed E-state index contributed by atoms with van der Waals surface area (Å²) < 4.78 is 33.3. The normalized spacial score (nSPS) is 12.4. The van der Waals surface area contributed by atoms with Crippen LogP contribution in [0.5, 0.6) is 0 Å². The highest BCUT2D eigenvalue weighted by Crippen LogP contribution is 2.34. The Hall–Kier alpha value is -0.940. The molecular weight excluding hydrogens is 298 g/mol. The fourth-order valence-electron chi connectivity index (χ4n) is 1.54. The summed E-state index contributed by atoms with van der Waals surface area (Å²) in [6.45, 7) is 0. The van der Waals surface area contributed by atoms with Gasteiger partial charge >= 0.3 is 0 Å². The Balaban J connectivity index is 2.56. The van der Waals surface area contributed by atoms with Crippen LogP contribution in [0.2, 0.25) is 10.0 Å². The van der Waals surface area contributed by atoms with Crippen molar-refractivity contribution in [3.05, 3.63) is 52.3 Å². The molecule has 2 aromatic rings. The van der Waals surface area contributed by atoms with E-state index in [1.165, 1.54) is 12.1 Å². The van der Waals surface area contributed by atoms with Crippen molar-refractivity contribution >= 4 is 34.3 Å². The highest BCUT2D eigenvalue weighted by Gasteiger charge is 2.12. The smallest absolute Gasteiger partial charge is 0.189 e. The third-order valence-corrected chi connectivity index (χ3v) is 3.91. The van der Waals surface area contributed by atoms with Gasteiger partial charge in [0.05, 0.1) is 10.0 Å². The summed E-state index contributed by atoms with van der Waals surface area (Å²) in [5.41, 5.74) is 1.06. The van der Waals surface area contributed by atoms with E-state index in [2.05, 4.69) is 0 Å². The Morgan fingerprint density at radius 3 is 2.50 bits per heavy atom. The molecule has 6 heteroatoms. The third kappa shape index (κ3) is 2.57. The van der Waals surface area contributed by atoms with Crippen LogP contribution in [0.4, 0.5) is 4.39 Å². The molecule has 1 atom stereocenters. The van der Waals surface area contributed by atoms with Crippen LogP contribution in [-0.2, 0) is 11.1 Å². The van der Waals surface area contributed by atoms with Gasteiger partial charge in [-0.25, -0.2) is 8.60 Å². The second-order valence-corrected chi connectivity index (χ2v) is 5.22. The van der Waals surface area contributed by atoms with Crippen LogP contribution in [-0.4, -0.2) is 8.76 Å². The van der Waals surface area contributed by atoms with Gasteiger partial charge in [-0.1, -0.05) is 41.4 Å². The van der Waals surface area contributed by atoms with Crippen LogP contribution in [0, 0.1) is 5.82 Å². The van der Waals surface area contributed by atoms with Gasteiger partial charge in [-0.05, 0) is 23.8 Å². The summed E-state index contributed by atoms with van der Waals surface area (Å²) >= 11 is 9.54. The van der Waals surface area contributed by atoms with Crippen molar-refractivity contribution in [1.82, 2.24) is 0 Å².